The fourth-order valence-electron chi connectivity index (χ4n) is 4.31. The van der Waals surface area contributed by atoms with Gasteiger partial charge in [-0.05, 0) is 37.5 Å². The molecule has 4 rings (SSSR count). The van der Waals surface area contributed by atoms with Crippen molar-refractivity contribution in [1.82, 2.24) is 24.3 Å². The van der Waals surface area contributed by atoms with Crippen LogP contribution < -0.4 is 21.3 Å². The van der Waals surface area contributed by atoms with Crippen molar-refractivity contribution >= 4 is 22.8 Å². The number of hydrogen-bond acceptors (Lipinski definition) is 6. The molecule has 10 heteroatoms. The molecule has 1 atom stereocenters. The Hall–Kier alpha value is -3.95. The van der Waals surface area contributed by atoms with Gasteiger partial charge < -0.3 is 15.0 Å². The Morgan fingerprint density at radius 2 is 1.77 bits per heavy atom. The summed E-state index contributed by atoms with van der Waals surface area (Å²) in [5, 5.41) is 3.21. The lowest BCUT2D eigenvalue weighted by molar-refractivity contribution is -0.132. The van der Waals surface area contributed by atoms with E-state index in [1.54, 1.807) is 11.0 Å². The fourth-order valence-corrected chi connectivity index (χ4v) is 4.31. The second-order valence-electron chi connectivity index (χ2n) is 8.62. The Labute approximate surface area is 202 Å². The number of amides is 2. The summed E-state index contributed by atoms with van der Waals surface area (Å²) in [7, 11) is 2.90. The van der Waals surface area contributed by atoms with Gasteiger partial charge in [0.2, 0.25) is 0 Å². The molecule has 1 fully saturated rings. The van der Waals surface area contributed by atoms with Crippen molar-refractivity contribution in [1.29, 1.82) is 0 Å². The number of aryl methyl sites for hydroxylation is 1. The molecule has 184 valence electrons. The zero-order valence-corrected chi connectivity index (χ0v) is 20.1. The quantitative estimate of drug-likeness (QED) is 0.549. The number of nitrogens with zero attached hydrogens (tertiary/aromatic N) is 4. The van der Waals surface area contributed by atoms with Gasteiger partial charge in [0.15, 0.2) is 6.61 Å². The first kappa shape index (κ1) is 24.2. The zero-order valence-electron chi connectivity index (χ0n) is 20.1. The highest BCUT2D eigenvalue weighted by atomic mass is 16.5. The maximum atomic E-state index is 13.1. The molecule has 0 radical (unpaired) electrons. The smallest absolute Gasteiger partial charge is 0.332 e. The Balaban J connectivity index is 1.55. The van der Waals surface area contributed by atoms with Crippen LogP contribution in [0.25, 0.3) is 11.0 Å². The summed E-state index contributed by atoms with van der Waals surface area (Å²) in [4.78, 5) is 56.3. The van der Waals surface area contributed by atoms with Crippen molar-refractivity contribution in [2.75, 3.05) is 19.7 Å². The fraction of sp³-hybridized carbons (Fsp3) is 0.400. The molecule has 2 amide bonds. The van der Waals surface area contributed by atoms with E-state index < -0.39 is 23.2 Å². The minimum absolute atomic E-state index is 0.0495. The molecule has 3 heterocycles. The zero-order chi connectivity index (χ0) is 25.1. The molecular weight excluding hydrogens is 450 g/mol. The van der Waals surface area contributed by atoms with Gasteiger partial charge >= 0.3 is 5.69 Å². The number of para-hydroxylation sites is 1. The van der Waals surface area contributed by atoms with Crippen molar-refractivity contribution < 1.29 is 14.3 Å². The molecule has 35 heavy (non-hydrogen) atoms. The van der Waals surface area contributed by atoms with Crippen LogP contribution in [-0.2, 0) is 18.9 Å². The van der Waals surface area contributed by atoms with Gasteiger partial charge in [-0.2, -0.15) is 0 Å². The third kappa shape index (κ3) is 4.82. The Morgan fingerprint density at radius 3 is 2.49 bits per heavy atom. The predicted molar refractivity (Wildman–Crippen MR) is 130 cm³/mol. The van der Waals surface area contributed by atoms with Gasteiger partial charge in [-0.1, -0.05) is 25.1 Å². The Kier molecular flexibility index (Phi) is 6.99. The van der Waals surface area contributed by atoms with Gasteiger partial charge in [0.1, 0.15) is 17.1 Å². The monoisotopic (exact) mass is 479 g/mol. The number of rotatable bonds is 7. The molecular formula is C25H29N5O5. The molecule has 0 bridgehead atoms. The van der Waals surface area contributed by atoms with Crippen LogP contribution in [-0.4, -0.2) is 50.5 Å². The van der Waals surface area contributed by atoms with Gasteiger partial charge in [-0.15, -0.1) is 0 Å². The second kappa shape index (κ2) is 10.1. The number of likely N-dealkylation sites (tertiary alicyclic amines) is 1. The first-order valence-corrected chi connectivity index (χ1v) is 11.7. The van der Waals surface area contributed by atoms with E-state index in [9.17, 15) is 19.2 Å². The van der Waals surface area contributed by atoms with Gasteiger partial charge in [0.25, 0.3) is 17.4 Å². The van der Waals surface area contributed by atoms with Gasteiger partial charge in [0, 0.05) is 32.7 Å². The molecule has 10 nitrogen and oxygen atoms in total. The van der Waals surface area contributed by atoms with E-state index in [1.165, 1.54) is 30.8 Å². The number of benzene rings is 1. The number of aromatic nitrogens is 3. The number of fused-ring (bicyclic) bond motifs is 1. The lowest BCUT2D eigenvalue weighted by atomic mass is 10.0. The van der Waals surface area contributed by atoms with Crippen LogP contribution >= 0.6 is 0 Å². The van der Waals surface area contributed by atoms with Crippen LogP contribution in [0.3, 0.4) is 0 Å². The maximum Gasteiger partial charge on any atom is 0.332 e. The van der Waals surface area contributed by atoms with Gasteiger partial charge in [0.05, 0.1) is 11.4 Å². The highest BCUT2D eigenvalue weighted by Gasteiger charge is 2.22. The molecule has 1 saturated heterocycles. The SMILES string of the molecule is CCC(NC(=O)c1ccc2c(=O)n(C)c(=O)n(C)c2n1)c1ccccc1OCC(=O)N1CCCC1. The standard InChI is InChI=1S/C25H29N5O5/c1-4-18(16-9-5-6-10-20(16)35-15-21(31)30-13-7-8-14-30)27-23(32)19-12-11-17-22(26-19)28(2)25(34)29(3)24(17)33/h5-6,9-12,18H,4,7-8,13-15H2,1-3H3,(H,27,32). The molecule has 1 unspecified atom stereocenters. The van der Waals surface area contributed by atoms with Gasteiger partial charge in [-0.25, -0.2) is 9.78 Å². The average molecular weight is 480 g/mol. The van der Waals surface area contributed by atoms with Crippen LogP contribution in [0.5, 0.6) is 5.75 Å². The number of ether oxygens (including phenoxy) is 1. The van der Waals surface area contributed by atoms with Crippen molar-refractivity contribution in [3.05, 3.63) is 68.5 Å². The molecule has 2 aromatic heterocycles. The minimum atomic E-state index is -0.520. The van der Waals surface area contributed by atoms with E-state index in [0.717, 1.165) is 36.1 Å². The molecule has 0 saturated carbocycles. The van der Waals surface area contributed by atoms with Crippen molar-refractivity contribution in [3.63, 3.8) is 0 Å². The minimum Gasteiger partial charge on any atom is -0.483 e. The van der Waals surface area contributed by atoms with Crippen LogP contribution in [0.2, 0.25) is 0 Å². The lowest BCUT2D eigenvalue weighted by Gasteiger charge is -2.21. The van der Waals surface area contributed by atoms with Crippen LogP contribution in [0.15, 0.2) is 46.0 Å². The number of pyridine rings is 1. The number of carbonyl (C=O) groups excluding carboxylic acids is 2. The van der Waals surface area contributed by atoms with Gasteiger partial charge in [-0.3, -0.25) is 23.5 Å². The van der Waals surface area contributed by atoms with E-state index in [-0.39, 0.29) is 29.2 Å². The summed E-state index contributed by atoms with van der Waals surface area (Å²) in [5.41, 5.74) is -0.0125. The number of hydrogen-bond donors (Lipinski definition) is 1. The number of nitrogens with one attached hydrogen (secondary N) is 1. The summed E-state index contributed by atoms with van der Waals surface area (Å²) in [5.74, 6) is 0.0332. The highest BCUT2D eigenvalue weighted by molar-refractivity contribution is 5.94. The summed E-state index contributed by atoms with van der Waals surface area (Å²) in [6.45, 7) is 3.39. The lowest BCUT2D eigenvalue weighted by Crippen LogP contribution is -2.37. The number of carbonyl (C=O) groups is 2. The maximum absolute atomic E-state index is 13.1. The molecule has 3 aromatic rings. The van der Waals surface area contributed by atoms with Crippen molar-refractivity contribution in [2.24, 2.45) is 14.1 Å². The van der Waals surface area contributed by atoms with Crippen molar-refractivity contribution in [2.45, 2.75) is 32.2 Å². The van der Waals surface area contributed by atoms with Crippen LogP contribution in [0.4, 0.5) is 0 Å². The average Bonchev–Trinajstić information content (AvgIpc) is 3.43. The second-order valence-corrected chi connectivity index (χ2v) is 8.62. The summed E-state index contributed by atoms with van der Waals surface area (Å²) in [6, 6.07) is 9.87. The molecule has 1 aliphatic heterocycles. The van der Waals surface area contributed by atoms with E-state index in [2.05, 4.69) is 10.3 Å². The van der Waals surface area contributed by atoms with E-state index >= 15 is 0 Å². The third-order valence-corrected chi connectivity index (χ3v) is 6.35. The van der Waals surface area contributed by atoms with E-state index in [1.807, 2.05) is 25.1 Å². The molecule has 0 aliphatic carbocycles. The summed E-state index contributed by atoms with van der Waals surface area (Å²) >= 11 is 0. The van der Waals surface area contributed by atoms with E-state index in [4.69, 9.17) is 4.74 Å². The third-order valence-electron chi connectivity index (χ3n) is 6.35. The summed E-state index contributed by atoms with van der Waals surface area (Å²) < 4.78 is 8.10. The topological polar surface area (TPSA) is 116 Å². The van der Waals surface area contributed by atoms with Crippen LogP contribution in [0, 0.1) is 0 Å². The molecule has 1 aliphatic rings. The Bertz CT molecular complexity index is 1390. The predicted octanol–water partition coefficient (Wildman–Crippen LogP) is 1.51. The first-order chi connectivity index (χ1) is 16.8. The highest BCUT2D eigenvalue weighted by Crippen LogP contribution is 2.27. The summed E-state index contributed by atoms with van der Waals surface area (Å²) in [6.07, 6.45) is 2.59. The molecule has 1 aromatic carbocycles. The first-order valence-electron chi connectivity index (χ1n) is 11.7. The Morgan fingerprint density at radius 1 is 1.06 bits per heavy atom. The molecule has 1 N–H and O–H groups in total. The largest absolute Gasteiger partial charge is 0.483 e. The van der Waals surface area contributed by atoms with Crippen LogP contribution in [0.1, 0.15) is 48.3 Å². The molecule has 0 spiro atoms. The van der Waals surface area contributed by atoms with E-state index in [0.29, 0.717) is 12.2 Å². The van der Waals surface area contributed by atoms with Crippen molar-refractivity contribution in [3.8, 4) is 5.75 Å². The normalized spacial score (nSPS) is 14.2.